The van der Waals surface area contributed by atoms with Crippen molar-refractivity contribution in [3.8, 4) is 0 Å². The number of carbonyl (C=O) groups is 1. The molecule has 24 heavy (non-hydrogen) atoms. The van der Waals surface area contributed by atoms with E-state index >= 15 is 0 Å². The highest BCUT2D eigenvalue weighted by Crippen LogP contribution is 2.32. The number of carbonyl (C=O) groups excluding carboxylic acids is 1. The molecule has 0 spiro atoms. The number of hydrogen-bond acceptors (Lipinski definition) is 2. The molecule has 122 valence electrons. The van der Waals surface area contributed by atoms with Crippen molar-refractivity contribution in [1.82, 2.24) is 4.57 Å². The molecule has 0 saturated heterocycles. The Labute approximate surface area is 161 Å². The number of nitrogens with zero attached hydrogens (tertiary/aromatic N) is 2. The third-order valence-corrected chi connectivity index (χ3v) is 5.70. The van der Waals surface area contributed by atoms with E-state index in [2.05, 4.69) is 27.5 Å². The lowest BCUT2D eigenvalue weighted by Crippen LogP contribution is -2.16. The summed E-state index contributed by atoms with van der Waals surface area (Å²) in [5.74, 6) is -0.311. The van der Waals surface area contributed by atoms with Crippen molar-refractivity contribution in [3.63, 3.8) is 0 Å². The highest BCUT2D eigenvalue weighted by atomic mass is 79.9. The fourth-order valence-corrected chi connectivity index (χ4v) is 4.02. The van der Waals surface area contributed by atoms with Crippen molar-refractivity contribution in [3.05, 3.63) is 73.9 Å². The maximum atomic E-state index is 12.4. The van der Waals surface area contributed by atoms with Crippen molar-refractivity contribution >= 4 is 66.6 Å². The van der Waals surface area contributed by atoms with Crippen LogP contribution in [-0.2, 0) is 6.54 Å². The van der Waals surface area contributed by atoms with E-state index in [4.69, 9.17) is 23.2 Å². The van der Waals surface area contributed by atoms with Gasteiger partial charge in [0.1, 0.15) is 0 Å². The Morgan fingerprint density at radius 3 is 2.62 bits per heavy atom. The fourth-order valence-electron chi connectivity index (χ4n) is 2.23. The number of benzene rings is 2. The Morgan fingerprint density at radius 1 is 1.25 bits per heavy atom. The first-order chi connectivity index (χ1) is 11.5. The van der Waals surface area contributed by atoms with E-state index in [1.807, 2.05) is 22.8 Å². The molecule has 0 atom stereocenters. The summed E-state index contributed by atoms with van der Waals surface area (Å²) >= 11 is 17.2. The molecule has 0 radical (unpaired) electrons. The molecule has 0 unspecified atom stereocenters. The first-order valence-electron chi connectivity index (χ1n) is 6.94. The van der Waals surface area contributed by atoms with Gasteiger partial charge in [0.15, 0.2) is 4.80 Å². The van der Waals surface area contributed by atoms with Gasteiger partial charge in [-0.2, -0.15) is 4.99 Å². The van der Waals surface area contributed by atoms with Crippen LogP contribution in [0.2, 0.25) is 10.0 Å². The van der Waals surface area contributed by atoms with Crippen molar-refractivity contribution in [2.75, 3.05) is 0 Å². The van der Waals surface area contributed by atoms with Crippen molar-refractivity contribution in [2.45, 2.75) is 6.54 Å². The summed E-state index contributed by atoms with van der Waals surface area (Å²) in [5, 5.41) is 0.912. The Bertz CT molecular complexity index is 1010. The van der Waals surface area contributed by atoms with Gasteiger partial charge in [-0.05, 0) is 36.4 Å². The maximum absolute atomic E-state index is 12.4. The second-order valence-electron chi connectivity index (χ2n) is 4.92. The van der Waals surface area contributed by atoms with Crippen LogP contribution in [0.15, 0.2) is 58.5 Å². The van der Waals surface area contributed by atoms with E-state index in [1.165, 1.54) is 11.3 Å². The molecule has 0 fully saturated rings. The summed E-state index contributed by atoms with van der Waals surface area (Å²) in [4.78, 5) is 17.3. The SMILES string of the molecule is C=CCn1c(=NC(=O)c2ccc(Br)cc2)sc2ccc(Cl)c(Cl)c21. The molecule has 0 bridgehead atoms. The summed E-state index contributed by atoms with van der Waals surface area (Å²) in [6.45, 7) is 4.24. The maximum Gasteiger partial charge on any atom is 0.279 e. The van der Waals surface area contributed by atoms with Gasteiger partial charge in [-0.25, -0.2) is 0 Å². The lowest BCUT2D eigenvalue weighted by Gasteiger charge is -2.04. The second kappa shape index (κ2) is 7.23. The molecule has 0 aliphatic heterocycles. The smallest absolute Gasteiger partial charge is 0.279 e. The zero-order valence-corrected chi connectivity index (χ0v) is 16.2. The quantitative estimate of drug-likeness (QED) is 0.480. The van der Waals surface area contributed by atoms with Crippen LogP contribution in [0.4, 0.5) is 0 Å². The number of aromatic nitrogens is 1. The topological polar surface area (TPSA) is 34.4 Å². The number of halogens is 3. The van der Waals surface area contributed by atoms with Crippen molar-refractivity contribution in [1.29, 1.82) is 0 Å². The molecule has 2 aromatic carbocycles. The number of hydrogen-bond donors (Lipinski definition) is 0. The monoisotopic (exact) mass is 440 g/mol. The van der Waals surface area contributed by atoms with E-state index in [1.54, 1.807) is 24.3 Å². The summed E-state index contributed by atoms with van der Waals surface area (Å²) in [6, 6.07) is 10.7. The highest BCUT2D eigenvalue weighted by molar-refractivity contribution is 9.10. The molecular formula is C17H11BrCl2N2OS. The van der Waals surface area contributed by atoms with Gasteiger partial charge in [0, 0.05) is 16.6 Å². The van der Waals surface area contributed by atoms with Gasteiger partial charge in [-0.15, -0.1) is 6.58 Å². The fraction of sp³-hybridized carbons (Fsp3) is 0.0588. The molecule has 1 heterocycles. The van der Waals surface area contributed by atoms with Crippen LogP contribution in [-0.4, -0.2) is 10.5 Å². The molecule has 1 amide bonds. The molecule has 7 heteroatoms. The Balaban J connectivity index is 2.19. The number of fused-ring (bicyclic) bond motifs is 1. The van der Waals surface area contributed by atoms with Gasteiger partial charge in [-0.3, -0.25) is 4.79 Å². The lowest BCUT2D eigenvalue weighted by molar-refractivity contribution is 0.0998. The van der Waals surface area contributed by atoms with Gasteiger partial charge >= 0.3 is 0 Å². The molecule has 3 rings (SSSR count). The van der Waals surface area contributed by atoms with Crippen LogP contribution in [0.1, 0.15) is 10.4 Å². The molecular weight excluding hydrogens is 431 g/mol. The first-order valence-corrected chi connectivity index (χ1v) is 9.30. The second-order valence-corrected chi connectivity index (χ2v) is 7.63. The van der Waals surface area contributed by atoms with E-state index in [0.29, 0.717) is 27.0 Å². The molecule has 3 aromatic rings. The number of rotatable bonds is 3. The zero-order valence-electron chi connectivity index (χ0n) is 12.3. The van der Waals surface area contributed by atoms with Crippen LogP contribution in [0.5, 0.6) is 0 Å². The summed E-state index contributed by atoms with van der Waals surface area (Å²) in [7, 11) is 0. The van der Waals surface area contributed by atoms with Gasteiger partial charge in [0.05, 0.1) is 20.3 Å². The van der Waals surface area contributed by atoms with Crippen LogP contribution in [0.3, 0.4) is 0 Å². The summed E-state index contributed by atoms with van der Waals surface area (Å²) < 4.78 is 3.66. The van der Waals surface area contributed by atoms with Gasteiger partial charge in [0.25, 0.3) is 5.91 Å². The van der Waals surface area contributed by atoms with E-state index in [9.17, 15) is 4.79 Å². The number of amides is 1. The summed E-state index contributed by atoms with van der Waals surface area (Å²) in [6.07, 6.45) is 1.73. The van der Waals surface area contributed by atoms with Crippen LogP contribution in [0.25, 0.3) is 10.2 Å². The Kier molecular flexibility index (Phi) is 5.25. The van der Waals surface area contributed by atoms with Crippen molar-refractivity contribution < 1.29 is 4.79 Å². The predicted molar refractivity (Wildman–Crippen MR) is 104 cm³/mol. The number of allylic oxidation sites excluding steroid dienone is 1. The average Bonchev–Trinajstić information content (AvgIpc) is 2.90. The standard InChI is InChI=1S/C17H11BrCl2N2OS/c1-2-9-22-15-13(8-7-12(19)14(15)20)24-17(22)21-16(23)10-3-5-11(18)6-4-10/h2-8H,1,9H2. The molecule has 3 nitrogen and oxygen atoms in total. The molecule has 0 aliphatic carbocycles. The van der Waals surface area contributed by atoms with E-state index < -0.39 is 0 Å². The van der Waals surface area contributed by atoms with Crippen LogP contribution in [0, 0.1) is 0 Å². The van der Waals surface area contributed by atoms with Gasteiger partial charge in [0.2, 0.25) is 0 Å². The van der Waals surface area contributed by atoms with Crippen LogP contribution >= 0.6 is 50.5 Å². The minimum Gasteiger partial charge on any atom is -0.311 e. The van der Waals surface area contributed by atoms with Gasteiger partial charge in [-0.1, -0.05) is 56.5 Å². The average molecular weight is 442 g/mol. The Hall–Kier alpha value is -1.40. The normalized spacial score (nSPS) is 11.9. The summed E-state index contributed by atoms with van der Waals surface area (Å²) in [5.41, 5.74) is 1.28. The Morgan fingerprint density at radius 2 is 1.96 bits per heavy atom. The molecule has 0 aliphatic rings. The third kappa shape index (κ3) is 3.35. The molecule has 0 N–H and O–H groups in total. The predicted octanol–water partition coefficient (Wildman–Crippen LogP) is 5.70. The first kappa shape index (κ1) is 17.4. The number of thiazole rings is 1. The molecule has 1 aromatic heterocycles. The minimum absolute atomic E-state index is 0.311. The van der Waals surface area contributed by atoms with E-state index in [-0.39, 0.29) is 5.91 Å². The van der Waals surface area contributed by atoms with Crippen LogP contribution < -0.4 is 4.80 Å². The molecule has 0 saturated carbocycles. The van der Waals surface area contributed by atoms with Gasteiger partial charge < -0.3 is 4.57 Å². The zero-order chi connectivity index (χ0) is 17.3. The van der Waals surface area contributed by atoms with Crippen molar-refractivity contribution in [2.24, 2.45) is 4.99 Å². The van der Waals surface area contributed by atoms with E-state index in [0.717, 1.165) is 14.7 Å². The third-order valence-electron chi connectivity index (χ3n) is 3.33. The largest absolute Gasteiger partial charge is 0.311 e. The lowest BCUT2D eigenvalue weighted by atomic mass is 10.2. The minimum atomic E-state index is -0.311. The highest BCUT2D eigenvalue weighted by Gasteiger charge is 2.13.